The molecule has 1 atom stereocenters. The SMILES string of the molecule is CC(=O)C1=C(O)C(=O)N(CC[NH+](C(C)C)C(C)C)[C@H]1c1ccc(O)cc1. The molecule has 0 aliphatic carbocycles. The average molecular weight is 361 g/mol. The number of carbonyl (C=O) groups excluding carboxylic acids is 2. The molecule has 1 aliphatic heterocycles. The van der Waals surface area contributed by atoms with Crippen LogP contribution in [0.25, 0.3) is 0 Å². The molecular weight excluding hydrogens is 332 g/mol. The number of rotatable bonds is 7. The van der Waals surface area contributed by atoms with Crippen LogP contribution in [0.1, 0.15) is 46.2 Å². The number of Topliss-reactive ketones (excluding diaryl/α,β-unsaturated/α-hetero) is 1. The van der Waals surface area contributed by atoms with E-state index < -0.39 is 17.7 Å². The molecule has 0 radical (unpaired) electrons. The van der Waals surface area contributed by atoms with Gasteiger partial charge in [0.25, 0.3) is 5.91 Å². The lowest BCUT2D eigenvalue weighted by molar-refractivity contribution is -0.941. The molecule has 0 spiro atoms. The summed E-state index contributed by atoms with van der Waals surface area (Å²) in [6.07, 6.45) is 0. The maximum atomic E-state index is 12.6. The van der Waals surface area contributed by atoms with Crippen LogP contribution in [-0.4, -0.2) is 52.0 Å². The highest BCUT2D eigenvalue weighted by Gasteiger charge is 2.42. The monoisotopic (exact) mass is 361 g/mol. The molecule has 0 bridgehead atoms. The quantitative estimate of drug-likeness (QED) is 0.685. The number of benzene rings is 1. The van der Waals surface area contributed by atoms with Gasteiger partial charge in [-0.15, -0.1) is 0 Å². The zero-order chi connectivity index (χ0) is 19.6. The summed E-state index contributed by atoms with van der Waals surface area (Å²) in [7, 11) is 0. The van der Waals surface area contributed by atoms with Gasteiger partial charge in [0.15, 0.2) is 11.5 Å². The topological polar surface area (TPSA) is 82.3 Å². The number of phenols is 1. The van der Waals surface area contributed by atoms with Crippen LogP contribution in [0, 0.1) is 0 Å². The molecule has 1 aromatic rings. The first kappa shape index (κ1) is 20.0. The highest BCUT2D eigenvalue weighted by Crippen LogP contribution is 2.37. The molecule has 2 rings (SSSR count). The van der Waals surface area contributed by atoms with Crippen molar-refractivity contribution in [2.75, 3.05) is 13.1 Å². The number of aromatic hydroxyl groups is 1. The number of aliphatic hydroxyl groups excluding tert-OH is 1. The second-order valence-electron chi connectivity index (χ2n) is 7.45. The van der Waals surface area contributed by atoms with Crippen LogP contribution in [-0.2, 0) is 9.59 Å². The van der Waals surface area contributed by atoms with E-state index in [1.54, 1.807) is 17.0 Å². The summed E-state index contributed by atoms with van der Waals surface area (Å²) in [6.45, 7) is 11.0. The number of nitrogens with one attached hydrogen (secondary N) is 1. The molecule has 6 nitrogen and oxygen atoms in total. The third-order valence-corrected chi connectivity index (χ3v) is 5.02. The molecule has 0 saturated carbocycles. The Kier molecular flexibility index (Phi) is 6.08. The largest absolute Gasteiger partial charge is 0.508 e. The Morgan fingerprint density at radius 2 is 1.65 bits per heavy atom. The number of ketones is 1. The third kappa shape index (κ3) is 3.90. The molecule has 1 amide bonds. The molecule has 0 unspecified atom stereocenters. The Bertz CT molecular complexity index is 699. The maximum Gasteiger partial charge on any atom is 0.290 e. The van der Waals surface area contributed by atoms with Gasteiger partial charge in [0.05, 0.1) is 36.8 Å². The van der Waals surface area contributed by atoms with Crippen molar-refractivity contribution in [1.82, 2.24) is 4.90 Å². The zero-order valence-corrected chi connectivity index (χ0v) is 16.1. The molecule has 26 heavy (non-hydrogen) atoms. The number of hydrogen-bond donors (Lipinski definition) is 3. The molecule has 0 saturated heterocycles. The fourth-order valence-corrected chi connectivity index (χ4v) is 3.74. The molecular formula is C20H29N2O4+. The van der Waals surface area contributed by atoms with Crippen LogP contribution in [0.5, 0.6) is 5.75 Å². The lowest BCUT2D eigenvalue weighted by atomic mass is 9.96. The van der Waals surface area contributed by atoms with Gasteiger partial charge >= 0.3 is 0 Å². The van der Waals surface area contributed by atoms with E-state index in [2.05, 4.69) is 27.7 Å². The summed E-state index contributed by atoms with van der Waals surface area (Å²) >= 11 is 0. The molecule has 0 fully saturated rings. The summed E-state index contributed by atoms with van der Waals surface area (Å²) in [5.41, 5.74) is 0.817. The van der Waals surface area contributed by atoms with Crippen molar-refractivity contribution >= 4 is 11.7 Å². The van der Waals surface area contributed by atoms with Crippen LogP contribution in [0.2, 0.25) is 0 Å². The van der Waals surface area contributed by atoms with Gasteiger partial charge in [0.2, 0.25) is 0 Å². The predicted molar refractivity (Wildman–Crippen MR) is 99.0 cm³/mol. The van der Waals surface area contributed by atoms with E-state index in [1.165, 1.54) is 24.0 Å². The van der Waals surface area contributed by atoms with Crippen LogP contribution in [0.3, 0.4) is 0 Å². The maximum absolute atomic E-state index is 12.6. The van der Waals surface area contributed by atoms with Crippen molar-refractivity contribution in [3.05, 3.63) is 41.2 Å². The Balaban J connectivity index is 2.35. The van der Waals surface area contributed by atoms with Crippen molar-refractivity contribution in [1.29, 1.82) is 0 Å². The highest BCUT2D eigenvalue weighted by atomic mass is 16.3. The molecule has 3 N–H and O–H groups in total. The summed E-state index contributed by atoms with van der Waals surface area (Å²) < 4.78 is 0. The van der Waals surface area contributed by atoms with Crippen molar-refractivity contribution < 1.29 is 24.7 Å². The van der Waals surface area contributed by atoms with Gasteiger partial charge in [-0.3, -0.25) is 9.59 Å². The normalized spacial score (nSPS) is 17.9. The second-order valence-corrected chi connectivity index (χ2v) is 7.45. The van der Waals surface area contributed by atoms with E-state index in [-0.39, 0.29) is 17.1 Å². The van der Waals surface area contributed by atoms with E-state index in [0.717, 1.165) is 0 Å². The Hall–Kier alpha value is -2.34. The van der Waals surface area contributed by atoms with Crippen molar-refractivity contribution in [2.45, 2.75) is 52.7 Å². The summed E-state index contributed by atoms with van der Waals surface area (Å²) in [6, 6.07) is 6.56. The number of aliphatic hydroxyl groups is 1. The van der Waals surface area contributed by atoms with Gasteiger partial charge in [-0.05, 0) is 52.3 Å². The Morgan fingerprint density at radius 1 is 1.12 bits per heavy atom. The van der Waals surface area contributed by atoms with E-state index in [1.807, 2.05) is 0 Å². The van der Waals surface area contributed by atoms with Gasteiger partial charge < -0.3 is 20.0 Å². The van der Waals surface area contributed by atoms with Gasteiger partial charge in [0, 0.05) is 0 Å². The van der Waals surface area contributed by atoms with Crippen LogP contribution >= 0.6 is 0 Å². The smallest absolute Gasteiger partial charge is 0.290 e. The summed E-state index contributed by atoms with van der Waals surface area (Å²) in [5, 5.41) is 19.8. The summed E-state index contributed by atoms with van der Waals surface area (Å²) in [4.78, 5) is 27.6. The first-order valence-electron chi connectivity index (χ1n) is 9.04. The fourth-order valence-electron chi connectivity index (χ4n) is 3.74. The zero-order valence-electron chi connectivity index (χ0n) is 16.1. The number of phenolic OH excluding ortho intramolecular Hbond substituents is 1. The average Bonchev–Trinajstić information content (AvgIpc) is 2.80. The predicted octanol–water partition coefficient (Wildman–Crippen LogP) is 1.38. The molecule has 0 aromatic heterocycles. The fraction of sp³-hybridized carbons (Fsp3) is 0.500. The number of nitrogens with zero attached hydrogens (tertiary/aromatic N) is 1. The van der Waals surface area contributed by atoms with Crippen molar-refractivity contribution in [3.8, 4) is 5.75 Å². The van der Waals surface area contributed by atoms with Gasteiger partial charge in [0.1, 0.15) is 5.75 Å². The highest BCUT2D eigenvalue weighted by molar-refractivity contribution is 6.08. The Labute approximate surface area is 154 Å². The minimum absolute atomic E-state index is 0.109. The number of carbonyl (C=O) groups is 2. The molecule has 6 heteroatoms. The first-order valence-corrected chi connectivity index (χ1v) is 9.04. The molecule has 1 aromatic carbocycles. The number of quaternary nitrogens is 1. The van der Waals surface area contributed by atoms with E-state index in [9.17, 15) is 19.8 Å². The van der Waals surface area contributed by atoms with Gasteiger partial charge in [-0.25, -0.2) is 0 Å². The lowest BCUT2D eigenvalue weighted by Gasteiger charge is -2.32. The number of hydrogen-bond acceptors (Lipinski definition) is 4. The first-order chi connectivity index (χ1) is 12.1. The van der Waals surface area contributed by atoms with Gasteiger partial charge in [-0.1, -0.05) is 12.1 Å². The van der Waals surface area contributed by atoms with Gasteiger partial charge in [-0.2, -0.15) is 0 Å². The van der Waals surface area contributed by atoms with E-state index in [4.69, 9.17) is 0 Å². The van der Waals surface area contributed by atoms with Crippen molar-refractivity contribution in [3.63, 3.8) is 0 Å². The summed E-state index contributed by atoms with van der Waals surface area (Å²) in [5.74, 6) is -1.20. The van der Waals surface area contributed by atoms with Crippen LogP contribution < -0.4 is 4.90 Å². The van der Waals surface area contributed by atoms with Crippen molar-refractivity contribution in [2.24, 2.45) is 0 Å². The van der Waals surface area contributed by atoms with Crippen LogP contribution in [0.15, 0.2) is 35.6 Å². The third-order valence-electron chi connectivity index (χ3n) is 5.02. The minimum atomic E-state index is -0.624. The van der Waals surface area contributed by atoms with E-state index in [0.29, 0.717) is 30.7 Å². The Morgan fingerprint density at radius 3 is 2.12 bits per heavy atom. The molecule has 1 heterocycles. The standard InChI is InChI=1S/C20H28N2O4/c1-12(2)21(13(3)4)10-11-22-18(15-6-8-16(24)9-7-15)17(14(5)23)19(25)20(22)26/h6-9,12-13,18,24-25H,10-11H2,1-5H3/p+1/t18-/m0/s1. The minimum Gasteiger partial charge on any atom is -0.508 e. The van der Waals surface area contributed by atoms with E-state index >= 15 is 0 Å². The second kappa shape index (κ2) is 7.91. The molecule has 1 aliphatic rings. The lowest BCUT2D eigenvalue weighted by Crippen LogP contribution is -3.18. The molecule has 142 valence electrons. The number of amides is 1. The van der Waals surface area contributed by atoms with Crippen LogP contribution in [0.4, 0.5) is 0 Å².